The number of nitrogens with zero attached hydrogens (tertiary/aromatic N) is 3. The number of benzene rings is 2. The minimum atomic E-state index is -4.86. The molecule has 3 amide bonds. The topological polar surface area (TPSA) is 122 Å². The number of aromatic nitrogens is 1. The molecular formula is C27H21F3N4O5. The van der Waals surface area contributed by atoms with Crippen LogP contribution in [0.1, 0.15) is 34.5 Å². The van der Waals surface area contributed by atoms with Crippen molar-refractivity contribution in [2.75, 3.05) is 12.4 Å². The lowest BCUT2D eigenvalue weighted by molar-refractivity contribution is -0.274. The smallest absolute Gasteiger partial charge is 0.452 e. The molecule has 1 aromatic heterocycles. The van der Waals surface area contributed by atoms with E-state index < -0.39 is 24.1 Å². The molecule has 1 heterocycles. The number of hydrogen-bond donors (Lipinski definition) is 1. The van der Waals surface area contributed by atoms with Crippen LogP contribution in [0.15, 0.2) is 60.7 Å². The normalized spacial score (nSPS) is 12.7. The predicted molar refractivity (Wildman–Crippen MR) is 131 cm³/mol. The monoisotopic (exact) mass is 538 g/mol. The molecule has 0 radical (unpaired) electrons. The molecule has 4 rings (SSSR count). The fourth-order valence-electron chi connectivity index (χ4n) is 3.63. The fourth-order valence-corrected chi connectivity index (χ4v) is 3.63. The minimum Gasteiger partial charge on any atom is -0.452 e. The second-order valence-corrected chi connectivity index (χ2v) is 8.63. The summed E-state index contributed by atoms with van der Waals surface area (Å²) in [6.45, 7) is -0.198. The van der Waals surface area contributed by atoms with Crippen LogP contribution >= 0.6 is 0 Å². The van der Waals surface area contributed by atoms with Gasteiger partial charge in [0.2, 0.25) is 5.91 Å². The number of ether oxygens (including phenoxy) is 2. The van der Waals surface area contributed by atoms with Crippen LogP contribution in [-0.2, 0) is 16.1 Å². The molecule has 1 saturated carbocycles. The van der Waals surface area contributed by atoms with Crippen LogP contribution in [0.3, 0.4) is 0 Å². The molecule has 12 heteroatoms. The predicted octanol–water partition coefficient (Wildman–Crippen LogP) is 5.28. The summed E-state index contributed by atoms with van der Waals surface area (Å²) in [6, 6.07) is 16.0. The number of methoxy groups -OCH3 is 1. The maximum absolute atomic E-state index is 13.5. The third kappa shape index (κ3) is 7.10. The molecule has 0 atom stereocenters. The van der Waals surface area contributed by atoms with Crippen molar-refractivity contribution in [2.45, 2.75) is 25.7 Å². The Morgan fingerprint density at radius 1 is 1.05 bits per heavy atom. The Bertz CT molecular complexity index is 1430. The molecule has 0 spiro atoms. The lowest BCUT2D eigenvalue weighted by atomic mass is 10.0. The van der Waals surface area contributed by atoms with E-state index in [9.17, 15) is 27.6 Å². The number of anilines is 1. The van der Waals surface area contributed by atoms with Crippen LogP contribution in [0.25, 0.3) is 11.1 Å². The van der Waals surface area contributed by atoms with Gasteiger partial charge in [0.1, 0.15) is 17.3 Å². The molecule has 0 saturated heterocycles. The first-order valence-corrected chi connectivity index (χ1v) is 11.6. The summed E-state index contributed by atoms with van der Waals surface area (Å²) in [5.41, 5.74) is 1.47. The first kappa shape index (κ1) is 27.1. The van der Waals surface area contributed by atoms with Crippen molar-refractivity contribution in [3.05, 3.63) is 77.5 Å². The first-order chi connectivity index (χ1) is 18.6. The quantitative estimate of drug-likeness (QED) is 0.435. The number of halogens is 3. The minimum absolute atomic E-state index is 0.0338. The highest BCUT2D eigenvalue weighted by Gasteiger charge is 2.32. The average Bonchev–Trinajstić information content (AvgIpc) is 3.76. The molecule has 9 nitrogen and oxygen atoms in total. The number of carbonyl (C=O) groups is 3. The highest BCUT2D eigenvalue weighted by atomic mass is 19.4. The Morgan fingerprint density at radius 2 is 1.72 bits per heavy atom. The van der Waals surface area contributed by atoms with Gasteiger partial charge in [-0.25, -0.2) is 14.7 Å². The number of amides is 3. The van der Waals surface area contributed by atoms with Crippen LogP contribution in [-0.4, -0.2) is 41.3 Å². The van der Waals surface area contributed by atoms with Gasteiger partial charge in [0.25, 0.3) is 5.91 Å². The lowest BCUT2D eigenvalue weighted by Gasteiger charge is -2.20. The van der Waals surface area contributed by atoms with Crippen LogP contribution in [0.4, 0.5) is 23.8 Å². The molecule has 1 aliphatic rings. The van der Waals surface area contributed by atoms with Crippen molar-refractivity contribution < 1.29 is 37.0 Å². The maximum atomic E-state index is 13.5. The second kappa shape index (κ2) is 11.2. The second-order valence-electron chi connectivity index (χ2n) is 8.63. The Labute approximate surface area is 220 Å². The average molecular weight is 538 g/mol. The van der Waals surface area contributed by atoms with E-state index in [1.807, 2.05) is 6.07 Å². The number of rotatable bonds is 7. The molecular weight excluding hydrogens is 517 g/mol. The van der Waals surface area contributed by atoms with E-state index in [4.69, 9.17) is 10.00 Å². The molecule has 0 aliphatic heterocycles. The van der Waals surface area contributed by atoms with Crippen LogP contribution in [0, 0.1) is 17.2 Å². The maximum Gasteiger partial charge on any atom is 0.573 e. The summed E-state index contributed by atoms with van der Waals surface area (Å²) in [7, 11) is 1.11. The fraction of sp³-hybridized carbons (Fsp3) is 0.222. The molecule has 39 heavy (non-hydrogen) atoms. The van der Waals surface area contributed by atoms with E-state index in [2.05, 4.69) is 15.0 Å². The van der Waals surface area contributed by atoms with E-state index in [1.165, 1.54) is 36.4 Å². The summed E-state index contributed by atoms with van der Waals surface area (Å²) in [5, 5.41) is 11.7. The van der Waals surface area contributed by atoms with Gasteiger partial charge in [0.05, 0.1) is 25.3 Å². The Hall–Kier alpha value is -4.92. The van der Waals surface area contributed by atoms with Crippen LogP contribution in [0.2, 0.25) is 0 Å². The number of imide groups is 1. The number of nitrogens with one attached hydrogen (secondary N) is 1. The third-order valence-corrected chi connectivity index (χ3v) is 5.73. The number of pyridine rings is 1. The highest BCUT2D eigenvalue weighted by Crippen LogP contribution is 2.32. The van der Waals surface area contributed by atoms with Crippen molar-refractivity contribution in [3.8, 4) is 22.9 Å². The molecule has 1 aliphatic carbocycles. The largest absolute Gasteiger partial charge is 0.573 e. The number of nitriles is 1. The molecule has 3 aromatic rings. The zero-order valence-electron chi connectivity index (χ0n) is 20.5. The van der Waals surface area contributed by atoms with Crippen molar-refractivity contribution in [2.24, 2.45) is 5.92 Å². The summed E-state index contributed by atoms with van der Waals surface area (Å²) >= 11 is 0. The summed E-state index contributed by atoms with van der Waals surface area (Å²) in [4.78, 5) is 43.5. The highest BCUT2D eigenvalue weighted by molar-refractivity contribution is 6.03. The number of hydrogen-bond acceptors (Lipinski definition) is 7. The summed E-state index contributed by atoms with van der Waals surface area (Å²) in [6.07, 6.45) is -4.38. The van der Waals surface area contributed by atoms with Crippen molar-refractivity contribution >= 4 is 23.7 Å². The van der Waals surface area contributed by atoms with Crippen molar-refractivity contribution in [1.29, 1.82) is 5.26 Å². The zero-order chi connectivity index (χ0) is 28.2. The van der Waals surface area contributed by atoms with Gasteiger partial charge in [0.15, 0.2) is 0 Å². The summed E-state index contributed by atoms with van der Waals surface area (Å²) < 4.78 is 46.3. The zero-order valence-corrected chi connectivity index (χ0v) is 20.5. The van der Waals surface area contributed by atoms with Crippen LogP contribution < -0.4 is 10.1 Å². The standard InChI is InChI=1S/C27H21F3N4O5/c1-38-26(37)34(15-17-4-2-16(14-31)3-5-17)25(36)22-12-20(13-23(32-22)33-24(35)19-6-7-19)18-8-10-21(11-9-18)39-27(28,29)30/h2-5,8-13,19H,6-7,15H2,1H3,(H,32,33,35). The van der Waals surface area contributed by atoms with Gasteiger partial charge in [-0.1, -0.05) is 24.3 Å². The number of alkyl halides is 3. The molecule has 1 fully saturated rings. The molecule has 0 bridgehead atoms. The van der Waals surface area contributed by atoms with Crippen molar-refractivity contribution in [1.82, 2.24) is 9.88 Å². The summed E-state index contributed by atoms with van der Waals surface area (Å²) in [5.74, 6) is -1.69. The van der Waals surface area contributed by atoms with Gasteiger partial charge in [0, 0.05) is 5.92 Å². The van der Waals surface area contributed by atoms with E-state index in [-0.39, 0.29) is 29.9 Å². The van der Waals surface area contributed by atoms with Gasteiger partial charge in [-0.2, -0.15) is 5.26 Å². The Kier molecular flexibility index (Phi) is 7.80. The Morgan fingerprint density at radius 3 is 2.28 bits per heavy atom. The van der Waals surface area contributed by atoms with E-state index >= 15 is 0 Å². The third-order valence-electron chi connectivity index (χ3n) is 5.73. The van der Waals surface area contributed by atoms with E-state index in [1.54, 1.807) is 12.1 Å². The van der Waals surface area contributed by atoms with Gasteiger partial charge >= 0.3 is 12.5 Å². The lowest BCUT2D eigenvalue weighted by Crippen LogP contribution is -2.37. The SMILES string of the molecule is COC(=O)N(Cc1ccc(C#N)cc1)C(=O)c1cc(-c2ccc(OC(F)(F)F)cc2)cc(NC(=O)C2CC2)n1. The molecule has 1 N–H and O–H groups in total. The van der Waals surface area contributed by atoms with Gasteiger partial charge in [-0.3, -0.25) is 9.59 Å². The van der Waals surface area contributed by atoms with Gasteiger partial charge in [-0.15, -0.1) is 13.2 Å². The molecule has 200 valence electrons. The molecule has 2 aromatic carbocycles. The van der Waals surface area contributed by atoms with Crippen molar-refractivity contribution in [3.63, 3.8) is 0 Å². The molecule has 0 unspecified atom stereocenters. The van der Waals surface area contributed by atoms with E-state index in [0.717, 1.165) is 37.0 Å². The first-order valence-electron chi connectivity index (χ1n) is 11.6. The Balaban J connectivity index is 1.69. The number of carbonyl (C=O) groups excluding carboxylic acids is 3. The van der Waals surface area contributed by atoms with Gasteiger partial charge in [-0.05, 0) is 65.9 Å². The van der Waals surface area contributed by atoms with Gasteiger partial charge < -0.3 is 14.8 Å². The van der Waals surface area contributed by atoms with Crippen LogP contribution in [0.5, 0.6) is 5.75 Å². The van der Waals surface area contributed by atoms with E-state index in [0.29, 0.717) is 22.3 Å².